The van der Waals surface area contributed by atoms with Crippen LogP contribution in [0.3, 0.4) is 0 Å². The summed E-state index contributed by atoms with van der Waals surface area (Å²) in [6, 6.07) is 11.8. The Morgan fingerprint density at radius 1 is 1.25 bits per heavy atom. The van der Waals surface area contributed by atoms with Crippen LogP contribution in [-0.2, 0) is 0 Å². The predicted octanol–water partition coefficient (Wildman–Crippen LogP) is 3.09. The molecule has 2 nitrogen and oxygen atoms in total. The molecule has 0 amide bonds. The van der Waals surface area contributed by atoms with Gasteiger partial charge in [-0.1, -0.05) is 24.1 Å². The second-order valence-corrected chi connectivity index (χ2v) is 3.57. The van der Waals surface area contributed by atoms with Crippen molar-refractivity contribution in [3.8, 4) is 12.3 Å². The van der Waals surface area contributed by atoms with Gasteiger partial charge >= 0.3 is 0 Å². The lowest BCUT2D eigenvalue weighted by atomic mass is 10.1. The Balaban J connectivity index is 2.27. The van der Waals surface area contributed by atoms with Gasteiger partial charge in [0.15, 0.2) is 0 Å². The summed E-state index contributed by atoms with van der Waals surface area (Å²) < 4.78 is 5.06. The molecule has 0 radical (unpaired) electrons. The van der Waals surface area contributed by atoms with Crippen molar-refractivity contribution in [2.45, 2.75) is 6.04 Å². The number of hydrogen-bond donors (Lipinski definition) is 0. The fourth-order valence-corrected chi connectivity index (χ4v) is 1.67. The smallest absolute Gasteiger partial charge is 0.118 e. The zero-order valence-electron chi connectivity index (χ0n) is 9.13. The molecular formula is C14H13NO. The van der Waals surface area contributed by atoms with Gasteiger partial charge in [-0.25, -0.2) is 0 Å². The van der Waals surface area contributed by atoms with Gasteiger partial charge in [-0.3, -0.25) is 0 Å². The minimum absolute atomic E-state index is 0.0962. The van der Waals surface area contributed by atoms with Crippen molar-refractivity contribution in [3.63, 3.8) is 0 Å². The molecule has 1 atom stereocenters. The Morgan fingerprint density at radius 3 is 2.56 bits per heavy atom. The monoisotopic (exact) mass is 211 g/mol. The Kier molecular flexibility index (Phi) is 2.98. The highest BCUT2D eigenvalue weighted by molar-refractivity contribution is 5.49. The average molecular weight is 211 g/mol. The van der Waals surface area contributed by atoms with Gasteiger partial charge in [-0.2, -0.15) is 0 Å². The van der Waals surface area contributed by atoms with Gasteiger partial charge in [-0.05, 0) is 18.2 Å². The van der Waals surface area contributed by atoms with E-state index in [0.717, 1.165) is 11.3 Å². The number of para-hydroxylation sites is 1. The largest absolute Gasteiger partial charge is 0.472 e. The van der Waals surface area contributed by atoms with Crippen molar-refractivity contribution < 1.29 is 4.42 Å². The molecule has 2 aromatic rings. The van der Waals surface area contributed by atoms with Crippen molar-refractivity contribution >= 4 is 5.69 Å². The normalized spacial score (nSPS) is 11.8. The molecule has 16 heavy (non-hydrogen) atoms. The number of furan rings is 1. The minimum Gasteiger partial charge on any atom is -0.472 e. The number of rotatable bonds is 3. The van der Waals surface area contributed by atoms with Crippen LogP contribution in [0.5, 0.6) is 0 Å². The molecule has 0 aliphatic rings. The summed E-state index contributed by atoms with van der Waals surface area (Å²) in [6.07, 6.45) is 8.89. The number of hydrogen-bond acceptors (Lipinski definition) is 2. The van der Waals surface area contributed by atoms with Gasteiger partial charge in [0, 0.05) is 18.3 Å². The third-order valence-electron chi connectivity index (χ3n) is 2.57. The molecule has 1 heterocycles. The highest BCUT2D eigenvalue weighted by Crippen LogP contribution is 2.24. The van der Waals surface area contributed by atoms with Crippen molar-refractivity contribution in [1.29, 1.82) is 0 Å². The molecule has 0 aliphatic heterocycles. The van der Waals surface area contributed by atoms with Gasteiger partial charge < -0.3 is 9.32 Å². The topological polar surface area (TPSA) is 16.4 Å². The van der Waals surface area contributed by atoms with Gasteiger partial charge in [0.2, 0.25) is 0 Å². The highest BCUT2D eigenvalue weighted by atomic mass is 16.3. The quantitative estimate of drug-likeness (QED) is 0.725. The fraction of sp³-hybridized carbons (Fsp3) is 0.143. The third-order valence-corrected chi connectivity index (χ3v) is 2.57. The van der Waals surface area contributed by atoms with Crippen LogP contribution >= 0.6 is 0 Å². The van der Waals surface area contributed by atoms with Gasteiger partial charge in [0.05, 0.1) is 12.5 Å². The van der Waals surface area contributed by atoms with Gasteiger partial charge in [-0.15, -0.1) is 6.42 Å². The van der Waals surface area contributed by atoms with E-state index >= 15 is 0 Å². The zero-order chi connectivity index (χ0) is 11.4. The van der Waals surface area contributed by atoms with E-state index in [1.807, 2.05) is 48.3 Å². The van der Waals surface area contributed by atoms with Crippen LogP contribution in [0, 0.1) is 12.3 Å². The molecule has 1 aromatic carbocycles. The second-order valence-electron chi connectivity index (χ2n) is 3.57. The Morgan fingerprint density at radius 2 is 2.00 bits per heavy atom. The standard InChI is InChI=1S/C14H13NO/c1-3-14(12-9-10-16-11-12)15(2)13-7-5-4-6-8-13/h1,4-11,14H,2H3/t14-/m0/s1. The van der Waals surface area contributed by atoms with E-state index in [2.05, 4.69) is 5.92 Å². The van der Waals surface area contributed by atoms with Crippen molar-refractivity contribution in [3.05, 3.63) is 54.5 Å². The van der Waals surface area contributed by atoms with Crippen molar-refractivity contribution in [2.75, 3.05) is 11.9 Å². The first-order chi connectivity index (χ1) is 7.83. The maximum absolute atomic E-state index is 5.57. The molecule has 0 saturated carbocycles. The average Bonchev–Trinajstić information content (AvgIpc) is 2.85. The predicted molar refractivity (Wildman–Crippen MR) is 65.1 cm³/mol. The molecule has 0 aliphatic carbocycles. The SMILES string of the molecule is C#C[C@@H](c1ccoc1)N(C)c1ccccc1. The maximum Gasteiger partial charge on any atom is 0.118 e. The number of nitrogens with zero attached hydrogens (tertiary/aromatic N) is 1. The third kappa shape index (κ3) is 1.94. The van der Waals surface area contributed by atoms with E-state index in [1.54, 1.807) is 12.5 Å². The van der Waals surface area contributed by atoms with E-state index in [4.69, 9.17) is 10.8 Å². The molecule has 2 heteroatoms. The molecule has 2 rings (SSSR count). The molecular weight excluding hydrogens is 198 g/mol. The summed E-state index contributed by atoms with van der Waals surface area (Å²) in [5, 5.41) is 0. The Labute approximate surface area is 95.5 Å². The highest BCUT2D eigenvalue weighted by Gasteiger charge is 2.15. The van der Waals surface area contributed by atoms with Crippen LogP contribution < -0.4 is 4.90 Å². The molecule has 0 bridgehead atoms. The van der Waals surface area contributed by atoms with Crippen LogP contribution in [-0.4, -0.2) is 7.05 Å². The molecule has 1 aromatic heterocycles. The summed E-state index contributed by atoms with van der Waals surface area (Å²) in [5.41, 5.74) is 2.08. The van der Waals surface area contributed by atoms with Crippen LogP contribution in [0.25, 0.3) is 0 Å². The summed E-state index contributed by atoms with van der Waals surface area (Å²) in [7, 11) is 1.98. The van der Waals surface area contributed by atoms with E-state index in [0.29, 0.717) is 0 Å². The first-order valence-electron chi connectivity index (χ1n) is 5.09. The van der Waals surface area contributed by atoms with E-state index in [1.165, 1.54) is 0 Å². The fourth-order valence-electron chi connectivity index (χ4n) is 1.67. The second kappa shape index (κ2) is 4.59. The maximum atomic E-state index is 5.57. The number of benzene rings is 1. The lowest BCUT2D eigenvalue weighted by Gasteiger charge is -2.25. The van der Waals surface area contributed by atoms with Gasteiger partial charge in [0.1, 0.15) is 6.04 Å². The summed E-state index contributed by atoms with van der Waals surface area (Å²) in [5.74, 6) is 2.77. The van der Waals surface area contributed by atoms with Crippen molar-refractivity contribution in [2.24, 2.45) is 0 Å². The minimum atomic E-state index is -0.0962. The van der Waals surface area contributed by atoms with E-state index < -0.39 is 0 Å². The molecule has 0 saturated heterocycles. The van der Waals surface area contributed by atoms with Crippen LogP contribution in [0.2, 0.25) is 0 Å². The van der Waals surface area contributed by atoms with E-state index in [-0.39, 0.29) is 6.04 Å². The summed E-state index contributed by atoms with van der Waals surface area (Å²) >= 11 is 0. The van der Waals surface area contributed by atoms with Crippen LogP contribution in [0.15, 0.2) is 53.3 Å². The molecule has 80 valence electrons. The Hall–Kier alpha value is -2.14. The number of terminal acetylenes is 1. The first-order valence-corrected chi connectivity index (χ1v) is 5.09. The van der Waals surface area contributed by atoms with E-state index in [9.17, 15) is 0 Å². The first kappa shape index (κ1) is 10.4. The molecule has 0 fully saturated rings. The van der Waals surface area contributed by atoms with Gasteiger partial charge in [0.25, 0.3) is 0 Å². The Bertz CT molecular complexity index is 467. The zero-order valence-corrected chi connectivity index (χ0v) is 9.13. The molecule has 0 unspecified atom stereocenters. The van der Waals surface area contributed by atoms with Crippen LogP contribution in [0.1, 0.15) is 11.6 Å². The lowest BCUT2D eigenvalue weighted by molar-refractivity contribution is 0.562. The lowest BCUT2D eigenvalue weighted by Crippen LogP contribution is -2.22. The van der Waals surface area contributed by atoms with Crippen molar-refractivity contribution in [1.82, 2.24) is 0 Å². The number of anilines is 1. The summed E-state index contributed by atoms with van der Waals surface area (Å²) in [6.45, 7) is 0. The molecule has 0 spiro atoms. The summed E-state index contributed by atoms with van der Waals surface area (Å²) in [4.78, 5) is 2.05. The molecule has 0 N–H and O–H groups in total. The van der Waals surface area contributed by atoms with Crippen LogP contribution in [0.4, 0.5) is 5.69 Å².